The van der Waals surface area contributed by atoms with Gasteiger partial charge in [-0.1, -0.05) is 13.8 Å². The summed E-state index contributed by atoms with van der Waals surface area (Å²) in [6, 6.07) is 0. The Bertz CT molecular complexity index is 48.9. The summed E-state index contributed by atoms with van der Waals surface area (Å²) in [4.78, 5) is 8.81. The summed E-state index contributed by atoms with van der Waals surface area (Å²) in [6.07, 6.45) is 1.33. The van der Waals surface area contributed by atoms with Crippen molar-refractivity contribution in [2.75, 3.05) is 6.61 Å². The van der Waals surface area contributed by atoms with Crippen LogP contribution in [-0.2, 0) is 9.53 Å². The largest absolute Gasteiger partial charge is 0.373 e. The maximum absolute atomic E-state index is 8.81. The van der Waals surface area contributed by atoms with Gasteiger partial charge in [-0.25, -0.2) is 0 Å². The van der Waals surface area contributed by atoms with Crippen LogP contribution in [0.5, 0.6) is 0 Å². The van der Waals surface area contributed by atoms with E-state index in [0.717, 1.165) is 12.9 Å². The highest BCUT2D eigenvalue weighted by Crippen LogP contribution is 2.04. The van der Waals surface area contributed by atoms with Crippen LogP contribution in [0.4, 0.5) is 0 Å². The van der Waals surface area contributed by atoms with Gasteiger partial charge in [0.15, 0.2) is 0 Å². The highest BCUT2D eigenvalue weighted by atomic mass is 16.6. The molecule has 2 nitrogen and oxygen atoms in total. The van der Waals surface area contributed by atoms with Crippen LogP contribution in [0.2, 0.25) is 0 Å². The second kappa shape index (κ2) is 10.6. The zero-order chi connectivity index (χ0) is 7.70. The molecular weight excluding hydrogens is 116 g/mol. The fraction of sp³-hybridized carbons (Fsp3) is 0.857. The molecule has 0 bridgehead atoms. The van der Waals surface area contributed by atoms with E-state index in [1.807, 2.05) is 13.8 Å². The quantitative estimate of drug-likeness (QED) is 0.370. The van der Waals surface area contributed by atoms with Crippen molar-refractivity contribution in [2.45, 2.75) is 33.8 Å². The van der Waals surface area contributed by atoms with Gasteiger partial charge in [-0.2, -0.15) is 0 Å². The van der Waals surface area contributed by atoms with E-state index in [1.54, 1.807) is 0 Å². The standard InChI is InChI=1S/C3H6O.C2H4O.C2H6/c1-3-2-4-3;1-2-3;1-2/h3H,2H2,1H3;2H,1H3;1-2H3. The summed E-state index contributed by atoms with van der Waals surface area (Å²) in [5.41, 5.74) is 0. The van der Waals surface area contributed by atoms with Crippen molar-refractivity contribution in [3.8, 4) is 0 Å². The fourth-order valence-corrected chi connectivity index (χ4v) is 0.0962. The van der Waals surface area contributed by atoms with Crippen molar-refractivity contribution in [1.82, 2.24) is 0 Å². The SMILES string of the molecule is CC.CC1CO1.CC=O. The summed E-state index contributed by atoms with van der Waals surface area (Å²) in [7, 11) is 0. The minimum absolute atomic E-state index is 0.583. The Kier molecular flexibility index (Phi) is 13.4. The van der Waals surface area contributed by atoms with E-state index in [1.165, 1.54) is 6.92 Å². The molecule has 0 aliphatic carbocycles. The van der Waals surface area contributed by atoms with Gasteiger partial charge in [0.1, 0.15) is 6.29 Å². The number of rotatable bonds is 0. The van der Waals surface area contributed by atoms with Crippen LogP contribution in [-0.4, -0.2) is 19.0 Å². The molecule has 2 heteroatoms. The molecule has 0 aromatic heterocycles. The topological polar surface area (TPSA) is 29.6 Å². The Morgan fingerprint density at radius 1 is 1.56 bits per heavy atom. The van der Waals surface area contributed by atoms with Crippen molar-refractivity contribution in [3.63, 3.8) is 0 Å². The predicted octanol–water partition coefficient (Wildman–Crippen LogP) is 1.64. The van der Waals surface area contributed by atoms with Gasteiger partial charge < -0.3 is 9.53 Å². The minimum Gasteiger partial charge on any atom is -0.373 e. The van der Waals surface area contributed by atoms with E-state index >= 15 is 0 Å². The van der Waals surface area contributed by atoms with Crippen molar-refractivity contribution >= 4 is 6.29 Å². The first-order valence-electron chi connectivity index (χ1n) is 3.32. The molecule has 0 aromatic rings. The third kappa shape index (κ3) is 35.0. The molecule has 1 heterocycles. The average molecular weight is 132 g/mol. The van der Waals surface area contributed by atoms with Gasteiger partial charge in [-0.05, 0) is 13.8 Å². The van der Waals surface area contributed by atoms with Crippen LogP contribution >= 0.6 is 0 Å². The van der Waals surface area contributed by atoms with Gasteiger partial charge >= 0.3 is 0 Å². The molecule has 56 valence electrons. The molecule has 1 fully saturated rings. The Morgan fingerprint density at radius 3 is 1.67 bits per heavy atom. The van der Waals surface area contributed by atoms with Gasteiger partial charge in [0.2, 0.25) is 0 Å². The molecule has 0 spiro atoms. The Labute approximate surface area is 57.2 Å². The molecule has 9 heavy (non-hydrogen) atoms. The van der Waals surface area contributed by atoms with Crippen LogP contribution < -0.4 is 0 Å². The number of ether oxygens (including phenoxy) is 1. The Hall–Kier alpha value is -0.370. The Morgan fingerprint density at radius 2 is 1.67 bits per heavy atom. The zero-order valence-corrected chi connectivity index (χ0v) is 6.68. The van der Waals surface area contributed by atoms with Crippen molar-refractivity contribution in [1.29, 1.82) is 0 Å². The molecule has 0 N–H and O–H groups in total. The zero-order valence-electron chi connectivity index (χ0n) is 6.68. The monoisotopic (exact) mass is 132 g/mol. The molecule has 1 unspecified atom stereocenters. The van der Waals surface area contributed by atoms with E-state index in [0.29, 0.717) is 6.10 Å². The molecule has 0 amide bonds. The molecule has 1 rings (SSSR count). The summed E-state index contributed by atoms with van der Waals surface area (Å²) in [5, 5.41) is 0. The normalized spacial score (nSPS) is 19.8. The lowest BCUT2D eigenvalue weighted by Crippen LogP contribution is -1.60. The van der Waals surface area contributed by atoms with Gasteiger partial charge in [-0.3, -0.25) is 0 Å². The summed E-state index contributed by atoms with van der Waals surface area (Å²) in [6.45, 7) is 8.49. The van der Waals surface area contributed by atoms with E-state index < -0.39 is 0 Å². The summed E-state index contributed by atoms with van der Waals surface area (Å²) >= 11 is 0. The van der Waals surface area contributed by atoms with Gasteiger partial charge in [0, 0.05) is 0 Å². The number of carbonyl (C=O) groups excluding carboxylic acids is 1. The minimum atomic E-state index is 0.583. The van der Waals surface area contributed by atoms with Crippen LogP contribution in [0.1, 0.15) is 27.7 Å². The summed E-state index contributed by atoms with van der Waals surface area (Å²) in [5.74, 6) is 0. The predicted molar refractivity (Wildman–Crippen MR) is 38.5 cm³/mol. The number of epoxide rings is 1. The maximum Gasteiger partial charge on any atom is 0.116 e. The van der Waals surface area contributed by atoms with Gasteiger partial charge in [-0.15, -0.1) is 0 Å². The maximum atomic E-state index is 8.81. The average Bonchev–Trinajstić information content (AvgIpc) is 2.59. The first kappa shape index (κ1) is 11.4. The molecule has 0 radical (unpaired) electrons. The summed E-state index contributed by atoms with van der Waals surface area (Å²) < 4.78 is 4.71. The molecule has 1 aliphatic rings. The number of carbonyl (C=O) groups is 1. The number of hydrogen-bond donors (Lipinski definition) is 0. The molecule has 0 aromatic carbocycles. The molecule has 0 saturated carbocycles. The molecule has 1 saturated heterocycles. The van der Waals surface area contributed by atoms with Crippen molar-refractivity contribution < 1.29 is 9.53 Å². The third-order valence-electron chi connectivity index (χ3n) is 0.500. The highest BCUT2D eigenvalue weighted by Gasteiger charge is 2.13. The van der Waals surface area contributed by atoms with Crippen LogP contribution in [0.15, 0.2) is 0 Å². The van der Waals surface area contributed by atoms with Gasteiger partial charge in [0.05, 0.1) is 12.7 Å². The fourth-order valence-electron chi connectivity index (χ4n) is 0.0962. The van der Waals surface area contributed by atoms with E-state index in [-0.39, 0.29) is 0 Å². The smallest absolute Gasteiger partial charge is 0.116 e. The second-order valence-corrected chi connectivity index (χ2v) is 1.38. The van der Waals surface area contributed by atoms with E-state index in [9.17, 15) is 0 Å². The Balaban J connectivity index is 0. The third-order valence-corrected chi connectivity index (χ3v) is 0.500. The van der Waals surface area contributed by atoms with Crippen molar-refractivity contribution in [3.05, 3.63) is 0 Å². The lowest BCUT2D eigenvalue weighted by Gasteiger charge is -1.50. The lowest BCUT2D eigenvalue weighted by atomic mass is 10.6. The van der Waals surface area contributed by atoms with E-state index in [2.05, 4.69) is 6.92 Å². The van der Waals surface area contributed by atoms with Crippen LogP contribution in [0, 0.1) is 0 Å². The van der Waals surface area contributed by atoms with E-state index in [4.69, 9.17) is 9.53 Å². The molecule has 1 aliphatic heterocycles. The number of hydrogen-bond acceptors (Lipinski definition) is 2. The van der Waals surface area contributed by atoms with Crippen LogP contribution in [0.3, 0.4) is 0 Å². The van der Waals surface area contributed by atoms with Crippen LogP contribution in [0.25, 0.3) is 0 Å². The van der Waals surface area contributed by atoms with Gasteiger partial charge in [0.25, 0.3) is 0 Å². The first-order chi connectivity index (χ1) is 4.31. The highest BCUT2D eigenvalue weighted by molar-refractivity contribution is 5.44. The molecule has 1 atom stereocenters. The second-order valence-electron chi connectivity index (χ2n) is 1.38. The lowest BCUT2D eigenvalue weighted by molar-refractivity contribution is -0.106. The first-order valence-corrected chi connectivity index (χ1v) is 3.32. The number of aldehydes is 1. The molecular formula is C7H16O2. The van der Waals surface area contributed by atoms with Crippen molar-refractivity contribution in [2.24, 2.45) is 0 Å².